The zero-order chi connectivity index (χ0) is 21.4. The summed E-state index contributed by atoms with van der Waals surface area (Å²) in [6, 6.07) is 10.7. The van der Waals surface area contributed by atoms with Crippen LogP contribution in [0.25, 0.3) is 0 Å². The summed E-state index contributed by atoms with van der Waals surface area (Å²) in [6.07, 6.45) is 2.71. The minimum absolute atomic E-state index is 0.0493. The van der Waals surface area contributed by atoms with E-state index in [1.54, 1.807) is 22.5 Å². The first-order valence-corrected chi connectivity index (χ1v) is 12.7. The van der Waals surface area contributed by atoms with Crippen LogP contribution < -0.4 is 4.72 Å². The highest BCUT2D eigenvalue weighted by Crippen LogP contribution is 2.30. The topological polar surface area (TPSA) is 83.5 Å². The van der Waals surface area contributed by atoms with E-state index in [4.69, 9.17) is 0 Å². The maximum atomic E-state index is 13.1. The van der Waals surface area contributed by atoms with Crippen molar-refractivity contribution in [2.24, 2.45) is 0 Å². The zero-order valence-electron chi connectivity index (χ0n) is 17.2. The molecule has 2 unspecified atom stereocenters. The predicted octanol–water partition coefficient (Wildman–Crippen LogP) is 4.06. The molecule has 29 heavy (non-hydrogen) atoms. The Balaban J connectivity index is 1.83. The third-order valence-corrected chi connectivity index (χ3v) is 9.10. The molecule has 1 fully saturated rings. The Morgan fingerprint density at radius 2 is 1.38 bits per heavy atom. The molecule has 0 bridgehead atoms. The Bertz CT molecular complexity index is 1080. The minimum atomic E-state index is -3.75. The lowest BCUT2D eigenvalue weighted by atomic mass is 10.0. The van der Waals surface area contributed by atoms with Crippen molar-refractivity contribution >= 4 is 25.7 Å². The standard InChI is InChI=1S/C21H28N2O4S2/c1-15-8-11-21(14-16(15)2)28(24,25)22-19-9-12-20(13-10-19)29(26,27)23-17(3)6-5-7-18(23)4/h8-14,17-18,22H,5-7H2,1-4H3. The molecule has 1 N–H and O–H groups in total. The highest BCUT2D eigenvalue weighted by Gasteiger charge is 2.35. The maximum absolute atomic E-state index is 13.1. The van der Waals surface area contributed by atoms with Gasteiger partial charge in [0.25, 0.3) is 10.0 Å². The van der Waals surface area contributed by atoms with E-state index in [2.05, 4.69) is 4.72 Å². The summed E-state index contributed by atoms with van der Waals surface area (Å²) >= 11 is 0. The van der Waals surface area contributed by atoms with Crippen molar-refractivity contribution in [2.75, 3.05) is 4.72 Å². The number of benzene rings is 2. The molecule has 2 aromatic carbocycles. The van der Waals surface area contributed by atoms with Gasteiger partial charge in [-0.1, -0.05) is 12.5 Å². The molecule has 158 valence electrons. The smallest absolute Gasteiger partial charge is 0.261 e. The molecule has 2 aromatic rings. The molecule has 0 amide bonds. The van der Waals surface area contributed by atoms with E-state index in [0.29, 0.717) is 5.69 Å². The van der Waals surface area contributed by atoms with Crippen molar-refractivity contribution in [1.29, 1.82) is 0 Å². The number of hydrogen-bond donors (Lipinski definition) is 1. The second-order valence-electron chi connectivity index (χ2n) is 7.84. The molecule has 0 saturated carbocycles. The molecule has 0 spiro atoms. The van der Waals surface area contributed by atoms with Gasteiger partial charge in [-0.2, -0.15) is 4.31 Å². The lowest BCUT2D eigenvalue weighted by Crippen LogP contribution is -2.47. The van der Waals surface area contributed by atoms with Gasteiger partial charge in [0.2, 0.25) is 10.0 Å². The number of anilines is 1. The summed E-state index contributed by atoms with van der Waals surface area (Å²) in [5, 5.41) is 0. The molecule has 3 rings (SSSR count). The van der Waals surface area contributed by atoms with Crippen LogP contribution in [-0.4, -0.2) is 33.2 Å². The van der Waals surface area contributed by atoms with E-state index in [0.717, 1.165) is 30.4 Å². The summed E-state index contributed by atoms with van der Waals surface area (Å²) in [5.74, 6) is 0. The van der Waals surface area contributed by atoms with Gasteiger partial charge in [-0.15, -0.1) is 0 Å². The van der Waals surface area contributed by atoms with Gasteiger partial charge in [-0.25, -0.2) is 16.8 Å². The highest BCUT2D eigenvalue weighted by molar-refractivity contribution is 7.92. The zero-order valence-corrected chi connectivity index (χ0v) is 18.8. The van der Waals surface area contributed by atoms with Crippen LogP contribution in [-0.2, 0) is 20.0 Å². The molecular formula is C21H28N2O4S2. The van der Waals surface area contributed by atoms with Crippen LogP contribution in [0.4, 0.5) is 5.69 Å². The van der Waals surface area contributed by atoms with Crippen molar-refractivity contribution in [3.63, 3.8) is 0 Å². The van der Waals surface area contributed by atoms with Crippen molar-refractivity contribution in [1.82, 2.24) is 4.31 Å². The molecule has 1 aliphatic heterocycles. The van der Waals surface area contributed by atoms with E-state index >= 15 is 0 Å². The average Bonchev–Trinajstić information content (AvgIpc) is 2.63. The van der Waals surface area contributed by atoms with Gasteiger partial charge < -0.3 is 0 Å². The first-order valence-electron chi connectivity index (χ1n) is 9.76. The van der Waals surface area contributed by atoms with Gasteiger partial charge in [-0.05, 0) is 88.1 Å². The van der Waals surface area contributed by atoms with Gasteiger partial charge in [0, 0.05) is 17.8 Å². The summed E-state index contributed by atoms with van der Waals surface area (Å²) < 4.78 is 55.5. The number of nitrogens with one attached hydrogen (secondary N) is 1. The van der Waals surface area contributed by atoms with Gasteiger partial charge in [0.05, 0.1) is 9.79 Å². The molecular weight excluding hydrogens is 408 g/mol. The highest BCUT2D eigenvalue weighted by atomic mass is 32.2. The van der Waals surface area contributed by atoms with Gasteiger partial charge in [0.1, 0.15) is 0 Å². The number of sulfonamides is 2. The van der Waals surface area contributed by atoms with Crippen molar-refractivity contribution < 1.29 is 16.8 Å². The fourth-order valence-electron chi connectivity index (χ4n) is 3.78. The quantitative estimate of drug-likeness (QED) is 0.766. The molecule has 2 atom stereocenters. The van der Waals surface area contributed by atoms with Crippen molar-refractivity contribution in [3.8, 4) is 0 Å². The minimum Gasteiger partial charge on any atom is -0.280 e. The van der Waals surface area contributed by atoms with Crippen LogP contribution in [0, 0.1) is 13.8 Å². The van der Waals surface area contributed by atoms with Crippen LogP contribution in [0.5, 0.6) is 0 Å². The normalized spacial score (nSPS) is 21.1. The average molecular weight is 437 g/mol. The van der Waals surface area contributed by atoms with E-state index < -0.39 is 20.0 Å². The van der Waals surface area contributed by atoms with Gasteiger partial charge in [-0.3, -0.25) is 4.72 Å². The Morgan fingerprint density at radius 1 is 0.828 bits per heavy atom. The fourth-order valence-corrected chi connectivity index (χ4v) is 6.81. The van der Waals surface area contributed by atoms with E-state index in [-0.39, 0.29) is 21.9 Å². The molecule has 0 aliphatic carbocycles. The Kier molecular flexibility index (Phi) is 6.08. The van der Waals surface area contributed by atoms with E-state index in [1.165, 1.54) is 24.3 Å². The number of piperidine rings is 1. The second kappa shape index (κ2) is 8.08. The molecule has 0 radical (unpaired) electrons. The first-order chi connectivity index (χ1) is 13.5. The lowest BCUT2D eigenvalue weighted by molar-refractivity contribution is 0.204. The molecule has 1 heterocycles. The van der Waals surface area contributed by atoms with E-state index in [9.17, 15) is 16.8 Å². The molecule has 8 heteroatoms. The maximum Gasteiger partial charge on any atom is 0.261 e. The van der Waals surface area contributed by atoms with Crippen LogP contribution in [0.3, 0.4) is 0 Å². The summed E-state index contributed by atoms with van der Waals surface area (Å²) in [4.78, 5) is 0.348. The number of aryl methyl sites for hydroxylation is 2. The number of nitrogens with zero attached hydrogens (tertiary/aromatic N) is 1. The van der Waals surface area contributed by atoms with Crippen molar-refractivity contribution in [2.45, 2.75) is 68.8 Å². The summed E-state index contributed by atoms with van der Waals surface area (Å²) in [7, 11) is -7.38. The molecule has 0 aromatic heterocycles. The Hall–Kier alpha value is -1.90. The van der Waals surface area contributed by atoms with Gasteiger partial charge >= 0.3 is 0 Å². The lowest BCUT2D eigenvalue weighted by Gasteiger charge is -2.37. The summed E-state index contributed by atoms with van der Waals surface area (Å²) in [5.41, 5.74) is 2.22. The van der Waals surface area contributed by atoms with Crippen LogP contribution in [0.1, 0.15) is 44.2 Å². The molecule has 1 saturated heterocycles. The SMILES string of the molecule is Cc1ccc(S(=O)(=O)Nc2ccc(S(=O)(=O)N3C(C)CCCC3C)cc2)cc1C. The van der Waals surface area contributed by atoms with Crippen LogP contribution >= 0.6 is 0 Å². The Labute approximate surface area is 174 Å². The third kappa shape index (κ3) is 4.49. The third-order valence-electron chi connectivity index (χ3n) is 5.58. The van der Waals surface area contributed by atoms with Crippen molar-refractivity contribution in [3.05, 3.63) is 53.6 Å². The Morgan fingerprint density at radius 3 is 1.93 bits per heavy atom. The van der Waals surface area contributed by atoms with E-state index in [1.807, 2.05) is 27.7 Å². The number of rotatable bonds is 5. The van der Waals surface area contributed by atoms with Crippen LogP contribution in [0.15, 0.2) is 52.3 Å². The monoisotopic (exact) mass is 436 g/mol. The number of hydrogen-bond acceptors (Lipinski definition) is 4. The van der Waals surface area contributed by atoms with Gasteiger partial charge in [0.15, 0.2) is 0 Å². The molecule has 6 nitrogen and oxygen atoms in total. The second-order valence-corrected chi connectivity index (χ2v) is 11.4. The molecule has 1 aliphatic rings. The summed E-state index contributed by atoms with van der Waals surface area (Å²) in [6.45, 7) is 7.64. The van der Waals surface area contributed by atoms with Crippen LogP contribution in [0.2, 0.25) is 0 Å². The fraction of sp³-hybridized carbons (Fsp3) is 0.429. The largest absolute Gasteiger partial charge is 0.280 e. The predicted molar refractivity (Wildman–Crippen MR) is 115 cm³/mol. The first kappa shape index (κ1) is 21.8.